The first-order valence-corrected chi connectivity index (χ1v) is 16.7. The minimum atomic E-state index is -0.592. The summed E-state index contributed by atoms with van der Waals surface area (Å²) in [5.74, 6) is 0.0594. The van der Waals surface area contributed by atoms with Gasteiger partial charge < -0.3 is 24.3 Å². The molecule has 0 bridgehead atoms. The molecule has 0 aliphatic carbocycles. The molecule has 254 valence electrons. The lowest BCUT2D eigenvalue weighted by molar-refractivity contribution is -0.140. The van der Waals surface area contributed by atoms with E-state index in [0.717, 1.165) is 29.0 Å². The maximum Gasteiger partial charge on any atom is 0.307 e. The number of anilines is 1. The average molecular weight is 745 g/mol. The Labute approximate surface area is 299 Å². The second-order valence-corrected chi connectivity index (χ2v) is 12.7. The third-order valence-corrected chi connectivity index (χ3v) is 9.24. The molecule has 2 aromatic heterocycles. The molecule has 0 unspecified atom stereocenters. The van der Waals surface area contributed by atoms with Crippen molar-refractivity contribution in [3.63, 3.8) is 0 Å². The third-order valence-electron chi connectivity index (χ3n) is 6.87. The van der Waals surface area contributed by atoms with E-state index < -0.39 is 17.7 Å². The second-order valence-electron chi connectivity index (χ2n) is 10.00. The fourth-order valence-electron chi connectivity index (χ4n) is 4.46. The molecule has 5 aromatic rings. The number of rotatable bonds is 14. The van der Waals surface area contributed by atoms with Gasteiger partial charge in [-0.25, -0.2) is 9.37 Å². The van der Waals surface area contributed by atoms with Crippen molar-refractivity contribution in [2.45, 2.75) is 17.9 Å². The first-order chi connectivity index (χ1) is 23.7. The van der Waals surface area contributed by atoms with Gasteiger partial charge in [-0.05, 0) is 66.0 Å². The summed E-state index contributed by atoms with van der Waals surface area (Å²) in [6, 6.07) is 16.2. The van der Waals surface area contributed by atoms with Crippen molar-refractivity contribution in [1.29, 1.82) is 0 Å². The average Bonchev–Trinajstić information content (AvgIpc) is 3.66. The molecule has 0 saturated carbocycles. The van der Waals surface area contributed by atoms with E-state index in [0.29, 0.717) is 45.1 Å². The van der Waals surface area contributed by atoms with Crippen LogP contribution in [0.3, 0.4) is 0 Å². The summed E-state index contributed by atoms with van der Waals surface area (Å²) < 4.78 is 43.2. The lowest BCUT2D eigenvalue weighted by atomic mass is 10.0. The summed E-state index contributed by atoms with van der Waals surface area (Å²) in [6.07, 6.45) is 2.89. The van der Waals surface area contributed by atoms with Crippen LogP contribution in [0.15, 0.2) is 78.1 Å². The Kier molecular flexibility index (Phi) is 12.1. The van der Waals surface area contributed by atoms with Crippen molar-refractivity contribution in [3.8, 4) is 34.1 Å². The van der Waals surface area contributed by atoms with Gasteiger partial charge in [0.05, 0.1) is 44.2 Å². The molecule has 49 heavy (non-hydrogen) atoms. The van der Waals surface area contributed by atoms with E-state index in [2.05, 4.69) is 24.4 Å². The van der Waals surface area contributed by atoms with Crippen LogP contribution < -0.4 is 23.8 Å². The van der Waals surface area contributed by atoms with Crippen molar-refractivity contribution >= 4 is 63.7 Å². The molecule has 2 heterocycles. The Bertz CT molecular complexity index is 1950. The summed E-state index contributed by atoms with van der Waals surface area (Å²) in [6.45, 7) is 0.378. The molecule has 0 atom stereocenters. The third kappa shape index (κ3) is 9.09. The molecule has 0 aliphatic heterocycles. The maximum atomic E-state index is 15.8. The fourth-order valence-corrected chi connectivity index (χ4v) is 6.43. The van der Waals surface area contributed by atoms with E-state index in [1.54, 1.807) is 54.9 Å². The van der Waals surface area contributed by atoms with Crippen molar-refractivity contribution in [2.75, 3.05) is 32.2 Å². The monoisotopic (exact) mass is 743 g/mol. The molecule has 16 heteroatoms. The van der Waals surface area contributed by atoms with Crippen molar-refractivity contribution < 1.29 is 32.9 Å². The van der Waals surface area contributed by atoms with Crippen LogP contribution in [0.2, 0.25) is 10.0 Å². The van der Waals surface area contributed by atoms with Crippen molar-refractivity contribution in [3.05, 3.63) is 100 Å². The molecule has 1 amide bonds. The number of benzene rings is 3. The number of hydrogen-bond donors (Lipinski definition) is 1. The molecular formula is C33H28Cl2FN5O6S2. The lowest BCUT2D eigenvalue weighted by Crippen LogP contribution is -2.27. The first kappa shape index (κ1) is 35.7. The van der Waals surface area contributed by atoms with Gasteiger partial charge in [-0.1, -0.05) is 23.2 Å². The predicted molar refractivity (Wildman–Crippen MR) is 187 cm³/mol. The van der Waals surface area contributed by atoms with Gasteiger partial charge in [0.1, 0.15) is 40.8 Å². The summed E-state index contributed by atoms with van der Waals surface area (Å²) in [4.78, 5) is 32.8. The lowest BCUT2D eigenvalue weighted by Gasteiger charge is -2.22. The SMILES string of the molecule is COC(=O)CCNC(=O)c1cc(-c2cc(Cl)ccc2Oc2cc(F)c(SN(Cc3ccc(OC)cc3OC)c3ncns3)cc2Cl)ccn1. The highest BCUT2D eigenvalue weighted by Crippen LogP contribution is 2.42. The van der Waals surface area contributed by atoms with E-state index in [1.807, 2.05) is 12.1 Å². The molecule has 11 nitrogen and oxygen atoms in total. The summed E-state index contributed by atoms with van der Waals surface area (Å²) in [7, 11) is 4.40. The number of aromatic nitrogens is 3. The number of methoxy groups -OCH3 is 3. The summed E-state index contributed by atoms with van der Waals surface area (Å²) in [5, 5.41) is 3.72. The molecule has 3 aromatic carbocycles. The molecular weight excluding hydrogens is 716 g/mol. The quantitative estimate of drug-likeness (QED) is 0.0883. The number of nitrogens with one attached hydrogen (secondary N) is 1. The Morgan fingerprint density at radius 3 is 2.53 bits per heavy atom. The topological polar surface area (TPSA) is 125 Å². The summed E-state index contributed by atoms with van der Waals surface area (Å²) >= 11 is 15.3. The highest BCUT2D eigenvalue weighted by Gasteiger charge is 2.21. The zero-order valence-corrected chi connectivity index (χ0v) is 29.4. The molecule has 1 N–H and O–H groups in total. The van der Waals surface area contributed by atoms with Crippen LogP contribution in [0.1, 0.15) is 22.5 Å². The smallest absolute Gasteiger partial charge is 0.307 e. The number of ether oxygens (including phenoxy) is 4. The number of carbonyl (C=O) groups is 2. The predicted octanol–water partition coefficient (Wildman–Crippen LogP) is 7.86. The number of halogens is 3. The summed E-state index contributed by atoms with van der Waals surface area (Å²) in [5.41, 5.74) is 1.97. The zero-order chi connectivity index (χ0) is 34.9. The van der Waals surface area contributed by atoms with Crippen LogP contribution >= 0.6 is 46.7 Å². The Balaban J connectivity index is 1.38. The number of hydrogen-bond acceptors (Lipinski definition) is 12. The minimum absolute atomic E-state index is 0.0143. The molecule has 0 saturated heterocycles. The second kappa shape index (κ2) is 16.7. The standard InChI is InChI=1S/C33H28Cl2FN5O6S2/c1-44-22-6-4-20(28(14-22)45-2)17-41(33-39-18-40-48-33)49-30-15-24(35)29(16-25(30)36)47-27-7-5-21(34)13-23(27)19-8-10-37-26(12-19)32(43)38-11-9-31(42)46-3/h4-8,10,12-16,18H,9,11,17H2,1-3H3,(H,38,43). The molecule has 5 rings (SSSR count). The highest BCUT2D eigenvalue weighted by atomic mass is 35.5. The van der Waals surface area contributed by atoms with Crippen LogP contribution in [0.4, 0.5) is 9.52 Å². The number of nitrogens with zero attached hydrogens (tertiary/aromatic N) is 4. The van der Waals surface area contributed by atoms with Crippen LogP contribution in [0, 0.1) is 5.82 Å². The van der Waals surface area contributed by atoms with Gasteiger partial charge in [0, 0.05) is 52.6 Å². The van der Waals surface area contributed by atoms with Crippen molar-refractivity contribution in [1.82, 2.24) is 19.7 Å². The van der Waals surface area contributed by atoms with Crippen LogP contribution in [0.25, 0.3) is 11.1 Å². The largest absolute Gasteiger partial charge is 0.497 e. The van der Waals surface area contributed by atoms with E-state index in [4.69, 9.17) is 37.4 Å². The number of esters is 1. The van der Waals surface area contributed by atoms with Crippen LogP contribution in [-0.4, -0.2) is 54.1 Å². The fraction of sp³-hybridized carbons (Fsp3) is 0.182. The van der Waals surface area contributed by atoms with Gasteiger partial charge in [-0.15, -0.1) is 0 Å². The Morgan fingerprint density at radius 1 is 0.959 bits per heavy atom. The van der Waals surface area contributed by atoms with Crippen molar-refractivity contribution in [2.24, 2.45) is 0 Å². The first-order valence-electron chi connectivity index (χ1n) is 14.4. The van der Waals surface area contributed by atoms with E-state index >= 15 is 4.39 Å². The molecule has 0 fully saturated rings. The van der Waals surface area contributed by atoms with E-state index in [1.165, 1.54) is 31.8 Å². The number of pyridine rings is 1. The maximum absolute atomic E-state index is 15.8. The highest BCUT2D eigenvalue weighted by molar-refractivity contribution is 8.00. The molecule has 0 aliphatic rings. The Morgan fingerprint density at radius 2 is 1.80 bits per heavy atom. The normalized spacial score (nSPS) is 10.7. The van der Waals surface area contributed by atoms with Gasteiger partial charge in [0.15, 0.2) is 0 Å². The van der Waals surface area contributed by atoms with Gasteiger partial charge in [0.2, 0.25) is 5.13 Å². The Hall–Kier alpha value is -4.63. The van der Waals surface area contributed by atoms with Crippen LogP contribution in [-0.2, 0) is 16.1 Å². The zero-order valence-electron chi connectivity index (χ0n) is 26.2. The molecule has 0 radical (unpaired) electrons. The molecule has 0 spiro atoms. The van der Waals surface area contributed by atoms with E-state index in [9.17, 15) is 9.59 Å². The van der Waals surface area contributed by atoms with Gasteiger partial charge in [0.25, 0.3) is 5.91 Å². The van der Waals surface area contributed by atoms with Gasteiger partial charge >= 0.3 is 5.97 Å². The number of carbonyl (C=O) groups excluding carboxylic acids is 2. The van der Waals surface area contributed by atoms with Gasteiger partial charge in [-0.3, -0.25) is 18.9 Å². The minimum Gasteiger partial charge on any atom is -0.497 e. The van der Waals surface area contributed by atoms with Gasteiger partial charge in [-0.2, -0.15) is 4.37 Å². The van der Waals surface area contributed by atoms with Crippen LogP contribution in [0.5, 0.6) is 23.0 Å². The number of amides is 1. The van der Waals surface area contributed by atoms with E-state index in [-0.39, 0.29) is 34.3 Å².